The molecule has 0 aliphatic heterocycles. The maximum absolute atomic E-state index is 5.29. The molecule has 0 N–H and O–H groups in total. The number of hydrogen-bond donors (Lipinski definition) is 0. The maximum Gasteiger partial charge on any atom is 0.106 e. The van der Waals surface area contributed by atoms with Crippen molar-refractivity contribution in [3.05, 3.63) is 41.2 Å². The fraction of sp³-hybridized carbons (Fsp3) is 0.500. The van der Waals surface area contributed by atoms with Gasteiger partial charge in [0.2, 0.25) is 0 Å². The highest BCUT2D eigenvalue weighted by Crippen LogP contribution is 2.26. The number of rotatable bonds is 3. The lowest BCUT2D eigenvalue weighted by Crippen LogP contribution is -2.12. The van der Waals surface area contributed by atoms with Crippen molar-refractivity contribution in [2.24, 2.45) is 5.92 Å². The molecular weight excluding hydrogens is 212 g/mol. The van der Waals surface area contributed by atoms with Crippen LogP contribution in [0.3, 0.4) is 0 Å². The highest BCUT2D eigenvalue weighted by molar-refractivity contribution is 5.24. The van der Waals surface area contributed by atoms with Gasteiger partial charge in [0.1, 0.15) is 5.82 Å². The molecule has 1 aliphatic rings. The zero-order chi connectivity index (χ0) is 12.4. The van der Waals surface area contributed by atoms with E-state index >= 15 is 0 Å². The van der Waals surface area contributed by atoms with Crippen molar-refractivity contribution in [1.82, 2.24) is 9.55 Å². The number of aromatic nitrogens is 2. The normalized spacial score (nSPS) is 19.9. The summed E-state index contributed by atoms with van der Waals surface area (Å²) in [5, 5.41) is 0. The molecule has 1 unspecified atom stereocenters. The van der Waals surface area contributed by atoms with E-state index < -0.39 is 0 Å². The fourth-order valence-corrected chi connectivity index (χ4v) is 2.25. The molecule has 0 bridgehead atoms. The highest BCUT2D eigenvalue weighted by Gasteiger charge is 2.16. The molecule has 3 nitrogen and oxygen atoms in total. The fourth-order valence-electron chi connectivity index (χ4n) is 2.25. The molecule has 0 fully saturated rings. The lowest BCUT2D eigenvalue weighted by molar-refractivity contribution is 0.264. The standard InChI is InChI=1S/C14H20N2O/c1-10-7-14(17-4)6-5-13(10)9-16-8-11(2)15-12(16)3/h5-6,8,10H,7,9H2,1-4H3. The molecule has 0 saturated heterocycles. The largest absolute Gasteiger partial charge is 0.501 e. The monoisotopic (exact) mass is 232 g/mol. The Kier molecular flexibility index (Phi) is 3.36. The van der Waals surface area contributed by atoms with Gasteiger partial charge in [0.05, 0.1) is 18.6 Å². The molecule has 2 rings (SSSR count). The Morgan fingerprint density at radius 2 is 2.18 bits per heavy atom. The van der Waals surface area contributed by atoms with E-state index in [9.17, 15) is 0 Å². The van der Waals surface area contributed by atoms with Gasteiger partial charge in [-0.2, -0.15) is 0 Å². The van der Waals surface area contributed by atoms with Crippen molar-refractivity contribution in [2.75, 3.05) is 7.11 Å². The van der Waals surface area contributed by atoms with E-state index in [2.05, 4.69) is 41.7 Å². The van der Waals surface area contributed by atoms with E-state index in [-0.39, 0.29) is 0 Å². The smallest absolute Gasteiger partial charge is 0.106 e. The summed E-state index contributed by atoms with van der Waals surface area (Å²) >= 11 is 0. The summed E-state index contributed by atoms with van der Waals surface area (Å²) in [5.41, 5.74) is 2.52. The van der Waals surface area contributed by atoms with Gasteiger partial charge in [0.25, 0.3) is 0 Å². The van der Waals surface area contributed by atoms with Gasteiger partial charge >= 0.3 is 0 Å². The molecule has 1 heterocycles. The molecule has 1 atom stereocenters. The van der Waals surface area contributed by atoms with Crippen molar-refractivity contribution in [1.29, 1.82) is 0 Å². The lowest BCUT2D eigenvalue weighted by Gasteiger charge is -2.21. The van der Waals surface area contributed by atoms with Crippen molar-refractivity contribution in [3.8, 4) is 0 Å². The summed E-state index contributed by atoms with van der Waals surface area (Å²) in [5.74, 6) is 2.69. The summed E-state index contributed by atoms with van der Waals surface area (Å²) in [7, 11) is 1.74. The predicted octanol–water partition coefficient (Wildman–Crippen LogP) is 3.00. The molecular formula is C14H20N2O. The van der Waals surface area contributed by atoms with Crippen molar-refractivity contribution in [3.63, 3.8) is 0 Å². The Balaban J connectivity index is 2.16. The van der Waals surface area contributed by atoms with Crippen LogP contribution in [0.25, 0.3) is 0 Å². The molecule has 0 radical (unpaired) electrons. The Labute approximate surface area is 103 Å². The topological polar surface area (TPSA) is 27.1 Å². The molecule has 92 valence electrons. The second-order valence-electron chi connectivity index (χ2n) is 4.74. The number of methoxy groups -OCH3 is 1. The number of allylic oxidation sites excluding steroid dienone is 4. The molecule has 1 aromatic rings. The highest BCUT2D eigenvalue weighted by atomic mass is 16.5. The first-order chi connectivity index (χ1) is 8.10. The Hall–Kier alpha value is -1.51. The van der Waals surface area contributed by atoms with E-state index in [4.69, 9.17) is 4.74 Å². The van der Waals surface area contributed by atoms with Crippen LogP contribution in [0, 0.1) is 19.8 Å². The summed E-state index contributed by atoms with van der Waals surface area (Å²) in [6, 6.07) is 0. The van der Waals surface area contributed by atoms with E-state index in [0.29, 0.717) is 5.92 Å². The third kappa shape index (κ3) is 2.60. The van der Waals surface area contributed by atoms with Gasteiger partial charge in [-0.3, -0.25) is 0 Å². The van der Waals surface area contributed by atoms with Crippen LogP contribution >= 0.6 is 0 Å². The molecule has 17 heavy (non-hydrogen) atoms. The minimum Gasteiger partial charge on any atom is -0.501 e. The predicted molar refractivity (Wildman–Crippen MR) is 68.7 cm³/mol. The van der Waals surface area contributed by atoms with Gasteiger partial charge in [0.15, 0.2) is 0 Å². The average Bonchev–Trinajstić information content (AvgIpc) is 2.60. The van der Waals surface area contributed by atoms with Crippen molar-refractivity contribution < 1.29 is 4.74 Å². The zero-order valence-electron chi connectivity index (χ0n) is 11.0. The van der Waals surface area contributed by atoms with Crippen LogP contribution in [-0.4, -0.2) is 16.7 Å². The van der Waals surface area contributed by atoms with Crippen LogP contribution < -0.4 is 0 Å². The van der Waals surface area contributed by atoms with Crippen LogP contribution in [0.2, 0.25) is 0 Å². The second-order valence-corrected chi connectivity index (χ2v) is 4.74. The van der Waals surface area contributed by atoms with Gasteiger partial charge in [-0.15, -0.1) is 0 Å². The van der Waals surface area contributed by atoms with E-state index in [1.54, 1.807) is 7.11 Å². The average molecular weight is 232 g/mol. The molecule has 1 aromatic heterocycles. The Morgan fingerprint density at radius 3 is 2.71 bits per heavy atom. The molecule has 0 amide bonds. The van der Waals surface area contributed by atoms with Crippen LogP contribution in [0.5, 0.6) is 0 Å². The van der Waals surface area contributed by atoms with Gasteiger partial charge in [-0.05, 0) is 31.4 Å². The Bertz CT molecular complexity index is 469. The number of imidazole rings is 1. The van der Waals surface area contributed by atoms with Crippen molar-refractivity contribution >= 4 is 0 Å². The van der Waals surface area contributed by atoms with E-state index in [1.807, 2.05) is 6.92 Å². The quantitative estimate of drug-likeness (QED) is 0.801. The number of hydrogen-bond acceptors (Lipinski definition) is 2. The summed E-state index contributed by atoms with van der Waals surface area (Å²) in [6.07, 6.45) is 7.36. The van der Waals surface area contributed by atoms with Crippen molar-refractivity contribution in [2.45, 2.75) is 33.7 Å². The van der Waals surface area contributed by atoms with Gasteiger partial charge in [0, 0.05) is 19.2 Å². The minimum absolute atomic E-state index is 0.539. The summed E-state index contributed by atoms with van der Waals surface area (Å²) in [6.45, 7) is 7.26. The van der Waals surface area contributed by atoms with E-state index in [0.717, 1.165) is 30.2 Å². The molecule has 0 aromatic carbocycles. The summed E-state index contributed by atoms with van der Waals surface area (Å²) < 4.78 is 7.50. The SMILES string of the molecule is COC1=CC=C(Cn2cc(C)nc2C)C(C)C1. The molecule has 0 spiro atoms. The second kappa shape index (κ2) is 4.78. The van der Waals surface area contributed by atoms with E-state index in [1.165, 1.54) is 5.57 Å². The third-order valence-electron chi connectivity index (χ3n) is 3.34. The first-order valence-electron chi connectivity index (χ1n) is 6.04. The first kappa shape index (κ1) is 12.0. The summed E-state index contributed by atoms with van der Waals surface area (Å²) in [4.78, 5) is 4.43. The van der Waals surface area contributed by atoms with Gasteiger partial charge < -0.3 is 9.30 Å². The molecule has 3 heteroatoms. The van der Waals surface area contributed by atoms with Crippen LogP contribution in [0.1, 0.15) is 24.9 Å². The number of ether oxygens (including phenoxy) is 1. The third-order valence-corrected chi connectivity index (χ3v) is 3.34. The maximum atomic E-state index is 5.29. The van der Waals surface area contributed by atoms with Gasteiger partial charge in [-0.25, -0.2) is 4.98 Å². The molecule has 1 aliphatic carbocycles. The van der Waals surface area contributed by atoms with Crippen LogP contribution in [-0.2, 0) is 11.3 Å². The zero-order valence-corrected chi connectivity index (χ0v) is 11.0. The first-order valence-corrected chi connectivity index (χ1v) is 6.04. The van der Waals surface area contributed by atoms with Gasteiger partial charge in [-0.1, -0.05) is 13.0 Å². The number of aryl methyl sites for hydroxylation is 2. The molecule has 0 saturated carbocycles. The minimum atomic E-state index is 0.539. The number of nitrogens with zero attached hydrogens (tertiary/aromatic N) is 2. The van der Waals surface area contributed by atoms with Crippen LogP contribution in [0.4, 0.5) is 0 Å². The van der Waals surface area contributed by atoms with Crippen LogP contribution in [0.15, 0.2) is 29.7 Å². The Morgan fingerprint density at radius 1 is 1.41 bits per heavy atom. The lowest BCUT2D eigenvalue weighted by atomic mass is 9.92.